The number of nitrogens with one attached hydrogen (secondary N) is 1. The number of amides is 3. The number of hydrogen-bond acceptors (Lipinski definition) is 18. The first kappa shape index (κ1) is 40.2. The summed E-state index contributed by atoms with van der Waals surface area (Å²) < 4.78 is 28.1. The van der Waals surface area contributed by atoms with Gasteiger partial charge < -0.3 is 80.1 Å². The van der Waals surface area contributed by atoms with Gasteiger partial charge in [-0.05, 0) is 38.1 Å². The van der Waals surface area contributed by atoms with Crippen LogP contribution in [0.4, 0.5) is 11.4 Å². The van der Waals surface area contributed by atoms with Crippen LogP contribution in [0, 0.1) is 5.92 Å². The van der Waals surface area contributed by atoms with E-state index in [1.807, 2.05) is 0 Å². The van der Waals surface area contributed by atoms with E-state index in [-0.39, 0.29) is 11.4 Å². The van der Waals surface area contributed by atoms with Crippen molar-refractivity contribution in [3.63, 3.8) is 0 Å². The molecule has 0 bridgehead atoms. The molecule has 0 aliphatic carbocycles. The van der Waals surface area contributed by atoms with Crippen molar-refractivity contribution < 1.29 is 89.1 Å². The molecule has 3 amide bonds. The Bertz CT molecular complexity index is 1440. The molecule has 15 atom stereocenters. The third kappa shape index (κ3) is 8.06. The molecular weight excluding hydrogens is 700 g/mol. The average molecular weight is 745 g/mol. The van der Waals surface area contributed by atoms with Crippen LogP contribution in [-0.4, -0.2) is 174 Å². The molecule has 1 aromatic carbocycles. The first-order chi connectivity index (χ1) is 24.5. The molecule has 20 nitrogen and oxygen atoms in total. The van der Waals surface area contributed by atoms with Crippen LogP contribution < -0.4 is 10.2 Å². The molecule has 0 spiro atoms. The number of anilines is 2. The van der Waals surface area contributed by atoms with Crippen molar-refractivity contribution in [2.45, 2.75) is 112 Å². The second-order valence-electron chi connectivity index (χ2n) is 13.4. The topological polar surface area (TPSA) is 315 Å². The minimum absolute atomic E-state index is 0.243. The number of ether oxygens (including phenoxy) is 5. The van der Waals surface area contributed by atoms with Gasteiger partial charge in [0.15, 0.2) is 18.9 Å². The van der Waals surface area contributed by atoms with Crippen molar-refractivity contribution in [1.82, 2.24) is 0 Å². The summed E-state index contributed by atoms with van der Waals surface area (Å²) in [5, 5.41) is 107. The summed E-state index contributed by atoms with van der Waals surface area (Å²) in [6, 6.07) is 5.68. The van der Waals surface area contributed by atoms with Crippen molar-refractivity contribution >= 4 is 29.1 Å². The van der Waals surface area contributed by atoms with Crippen LogP contribution in [0.25, 0.3) is 0 Å². The molecule has 3 fully saturated rings. The van der Waals surface area contributed by atoms with E-state index >= 15 is 0 Å². The summed E-state index contributed by atoms with van der Waals surface area (Å²) in [7, 11) is 0. The fourth-order valence-electron chi connectivity index (χ4n) is 6.75. The normalized spacial score (nSPS) is 39.9. The molecule has 290 valence electrons. The minimum Gasteiger partial charge on any atom is -0.394 e. The Labute approximate surface area is 296 Å². The van der Waals surface area contributed by atoms with Gasteiger partial charge in [0.05, 0.1) is 49.2 Å². The van der Waals surface area contributed by atoms with Gasteiger partial charge in [-0.3, -0.25) is 14.4 Å². The van der Waals surface area contributed by atoms with E-state index in [1.165, 1.54) is 38.1 Å². The van der Waals surface area contributed by atoms with Crippen molar-refractivity contribution in [3.05, 3.63) is 36.4 Å². The van der Waals surface area contributed by atoms with Gasteiger partial charge in [0.1, 0.15) is 48.8 Å². The van der Waals surface area contributed by atoms with Gasteiger partial charge in [-0.15, -0.1) is 0 Å². The summed E-state index contributed by atoms with van der Waals surface area (Å²) in [5.41, 5.74) is -1.08. The lowest BCUT2D eigenvalue weighted by Gasteiger charge is -2.50. The van der Waals surface area contributed by atoms with Crippen molar-refractivity contribution in [1.29, 1.82) is 0 Å². The Morgan fingerprint density at radius 1 is 0.731 bits per heavy atom. The predicted octanol–water partition coefficient (Wildman–Crippen LogP) is -5.08. The van der Waals surface area contributed by atoms with Crippen molar-refractivity contribution in [2.75, 3.05) is 23.4 Å². The molecule has 11 N–H and O–H groups in total. The van der Waals surface area contributed by atoms with Gasteiger partial charge in [0.2, 0.25) is 5.91 Å². The molecule has 20 heteroatoms. The number of aliphatic hydroxyl groups is 10. The van der Waals surface area contributed by atoms with Crippen LogP contribution in [0.2, 0.25) is 0 Å². The summed E-state index contributed by atoms with van der Waals surface area (Å²) in [5.74, 6) is -2.99. The van der Waals surface area contributed by atoms with E-state index in [4.69, 9.17) is 23.7 Å². The van der Waals surface area contributed by atoms with Crippen molar-refractivity contribution in [3.8, 4) is 0 Å². The van der Waals surface area contributed by atoms with Crippen LogP contribution >= 0.6 is 0 Å². The second kappa shape index (κ2) is 16.1. The molecule has 4 heterocycles. The minimum atomic E-state index is -1.95. The number of rotatable bonds is 11. The second-order valence-corrected chi connectivity index (χ2v) is 13.4. The number of aliphatic hydroxyl groups excluding tert-OH is 10. The number of carbonyl (C=O) groups excluding carboxylic acids is 3. The summed E-state index contributed by atoms with van der Waals surface area (Å²) in [6.07, 6.45) is -22.6. The van der Waals surface area contributed by atoms with Gasteiger partial charge in [-0.25, -0.2) is 4.90 Å². The molecule has 0 aromatic heterocycles. The SMILES string of the molecule is CC(C)(O[C@@H]1OC(CO)[C@@H](O[C@@H]2OC(CC(=O)Nc3ccc(N4C(=O)C=CC4=O)cc3)[C@@H](O)C(O)[C@@H]2O)C(O)[C@@H]1O)[C@@H]1C(CO)OC(O)[C@@H](O)C1O. The van der Waals surface area contributed by atoms with E-state index in [0.29, 0.717) is 0 Å². The van der Waals surface area contributed by atoms with Crippen LogP contribution in [0.5, 0.6) is 0 Å². The quantitative estimate of drug-likeness (QED) is 0.0945. The third-order valence-corrected chi connectivity index (χ3v) is 9.51. The van der Waals surface area contributed by atoms with E-state index in [0.717, 1.165) is 17.1 Å². The monoisotopic (exact) mass is 744 g/mol. The lowest BCUT2D eigenvalue weighted by molar-refractivity contribution is -0.375. The molecule has 4 aliphatic rings. The largest absolute Gasteiger partial charge is 0.394 e. The van der Waals surface area contributed by atoms with Gasteiger partial charge in [0, 0.05) is 23.8 Å². The highest BCUT2D eigenvalue weighted by molar-refractivity contribution is 6.28. The fourth-order valence-corrected chi connectivity index (χ4v) is 6.75. The van der Waals surface area contributed by atoms with Crippen LogP contribution in [0.3, 0.4) is 0 Å². The third-order valence-electron chi connectivity index (χ3n) is 9.51. The van der Waals surface area contributed by atoms with Crippen molar-refractivity contribution in [2.24, 2.45) is 5.92 Å². The number of hydrogen-bond donors (Lipinski definition) is 11. The van der Waals surface area contributed by atoms with Crippen LogP contribution in [0.15, 0.2) is 36.4 Å². The molecule has 7 unspecified atom stereocenters. The highest BCUT2D eigenvalue weighted by Crippen LogP contribution is 2.39. The Balaban J connectivity index is 1.22. The van der Waals surface area contributed by atoms with Crippen LogP contribution in [0.1, 0.15) is 20.3 Å². The zero-order chi connectivity index (χ0) is 38.2. The summed E-state index contributed by atoms with van der Waals surface area (Å²) >= 11 is 0. The first-order valence-electron chi connectivity index (χ1n) is 16.4. The van der Waals surface area contributed by atoms with Gasteiger partial charge in [-0.1, -0.05) is 0 Å². The van der Waals surface area contributed by atoms with E-state index in [9.17, 15) is 65.4 Å². The predicted molar refractivity (Wildman–Crippen MR) is 169 cm³/mol. The fraction of sp³-hybridized carbons (Fsp3) is 0.656. The highest BCUT2D eigenvalue weighted by Gasteiger charge is 2.55. The highest BCUT2D eigenvalue weighted by atomic mass is 16.7. The van der Waals surface area contributed by atoms with Gasteiger partial charge in [-0.2, -0.15) is 0 Å². The van der Waals surface area contributed by atoms with Crippen LogP contribution in [-0.2, 0) is 38.1 Å². The summed E-state index contributed by atoms with van der Waals surface area (Å²) in [6.45, 7) is 1.24. The average Bonchev–Trinajstić information content (AvgIpc) is 3.44. The maximum Gasteiger partial charge on any atom is 0.258 e. The zero-order valence-electron chi connectivity index (χ0n) is 27.9. The standard InChI is InChI=1S/C32H44N2O18/c1-32(2,20-15(10-35)48-29(47)25(44)22(20)41)52-31-27(46)24(43)28(16(11-36)50-31)51-30-26(45)23(42)21(40)14(49-30)9-17(37)33-12-3-5-13(6-4-12)34-18(38)7-8-19(34)39/h3-8,14-16,20-31,35-36,40-47H,9-11H2,1-2H3,(H,33,37)/t14?,15?,16?,20-,21-,22?,23?,24?,25+,26+,27+,28-,29?,30+,31+/m1/s1. The van der Waals surface area contributed by atoms with E-state index < -0.39 is 135 Å². The maximum atomic E-state index is 12.9. The molecule has 0 radical (unpaired) electrons. The number of imide groups is 1. The Morgan fingerprint density at radius 3 is 1.90 bits per heavy atom. The summed E-state index contributed by atoms with van der Waals surface area (Å²) in [4.78, 5) is 37.6. The zero-order valence-corrected chi connectivity index (χ0v) is 27.9. The number of carbonyl (C=O) groups is 3. The Morgan fingerprint density at radius 2 is 1.31 bits per heavy atom. The Kier molecular flexibility index (Phi) is 12.5. The lowest BCUT2D eigenvalue weighted by atomic mass is 9.77. The molecule has 1 aromatic rings. The van der Waals surface area contributed by atoms with E-state index in [2.05, 4.69) is 5.32 Å². The number of benzene rings is 1. The molecule has 52 heavy (non-hydrogen) atoms. The number of nitrogens with zero attached hydrogens (tertiary/aromatic N) is 1. The maximum absolute atomic E-state index is 12.9. The van der Waals surface area contributed by atoms with Gasteiger partial charge >= 0.3 is 0 Å². The van der Waals surface area contributed by atoms with Gasteiger partial charge in [0.25, 0.3) is 11.8 Å². The molecular formula is C32H44N2O18. The molecule has 3 saturated heterocycles. The Hall–Kier alpha value is -3.03. The molecule has 0 saturated carbocycles. The smallest absolute Gasteiger partial charge is 0.258 e. The molecule has 5 rings (SSSR count). The lowest BCUT2D eigenvalue weighted by Crippen LogP contribution is -2.66. The van der Waals surface area contributed by atoms with E-state index in [1.54, 1.807) is 0 Å². The molecule has 4 aliphatic heterocycles. The first-order valence-corrected chi connectivity index (χ1v) is 16.4.